The Balaban J connectivity index is 1.97. The van der Waals surface area contributed by atoms with E-state index in [4.69, 9.17) is 23.2 Å². The molecule has 4 aromatic carbocycles. The SMILES string of the molecule is O=S(=O)(Nc1c2ccccc2cc2ccccc12)c1cccc(Cl)c1Cl. The van der Waals surface area contributed by atoms with Crippen molar-refractivity contribution in [3.63, 3.8) is 0 Å². The Morgan fingerprint density at radius 1 is 0.731 bits per heavy atom. The number of sulfonamides is 1. The van der Waals surface area contributed by atoms with Gasteiger partial charge in [-0.15, -0.1) is 0 Å². The third-order valence-corrected chi connectivity index (χ3v) is 6.54. The predicted molar refractivity (Wildman–Crippen MR) is 109 cm³/mol. The molecular formula is C20H13Cl2NO2S. The van der Waals surface area contributed by atoms with Crippen LogP contribution in [0.5, 0.6) is 0 Å². The summed E-state index contributed by atoms with van der Waals surface area (Å²) >= 11 is 12.1. The highest BCUT2D eigenvalue weighted by Gasteiger charge is 2.21. The second kappa shape index (κ2) is 6.47. The van der Waals surface area contributed by atoms with Crippen LogP contribution in [0.15, 0.2) is 77.7 Å². The molecule has 0 atom stereocenters. The van der Waals surface area contributed by atoms with Crippen LogP contribution in [0.2, 0.25) is 10.0 Å². The summed E-state index contributed by atoms with van der Waals surface area (Å²) < 4.78 is 28.7. The first-order chi connectivity index (χ1) is 12.5. The van der Waals surface area contributed by atoms with E-state index in [0.29, 0.717) is 5.69 Å². The number of hydrogen-bond donors (Lipinski definition) is 1. The second-order valence-electron chi connectivity index (χ2n) is 5.85. The van der Waals surface area contributed by atoms with Crippen LogP contribution in [0.25, 0.3) is 21.5 Å². The van der Waals surface area contributed by atoms with Crippen molar-refractivity contribution < 1.29 is 8.42 Å². The highest BCUT2D eigenvalue weighted by atomic mass is 35.5. The minimum absolute atomic E-state index is 0.00575. The van der Waals surface area contributed by atoms with Crippen LogP contribution < -0.4 is 4.72 Å². The van der Waals surface area contributed by atoms with Gasteiger partial charge in [0.1, 0.15) is 4.90 Å². The highest BCUT2D eigenvalue weighted by molar-refractivity contribution is 7.92. The predicted octanol–water partition coefficient (Wildman–Crippen LogP) is 6.10. The lowest BCUT2D eigenvalue weighted by Crippen LogP contribution is -2.14. The van der Waals surface area contributed by atoms with Crippen molar-refractivity contribution in [1.82, 2.24) is 0 Å². The monoisotopic (exact) mass is 401 g/mol. The summed E-state index contributed by atoms with van der Waals surface area (Å²) in [5.74, 6) is 0. The van der Waals surface area contributed by atoms with Crippen molar-refractivity contribution in [2.24, 2.45) is 0 Å². The van der Waals surface area contributed by atoms with Gasteiger partial charge in [-0.3, -0.25) is 4.72 Å². The Morgan fingerprint density at radius 2 is 1.31 bits per heavy atom. The average Bonchev–Trinajstić information content (AvgIpc) is 2.63. The molecule has 0 unspecified atom stereocenters. The number of nitrogens with one attached hydrogen (secondary N) is 1. The van der Waals surface area contributed by atoms with Gasteiger partial charge in [0.25, 0.3) is 10.0 Å². The molecule has 0 heterocycles. The van der Waals surface area contributed by atoms with Crippen LogP contribution in [0.4, 0.5) is 5.69 Å². The van der Waals surface area contributed by atoms with Crippen molar-refractivity contribution in [1.29, 1.82) is 0 Å². The first kappa shape index (κ1) is 17.2. The first-order valence-corrected chi connectivity index (χ1v) is 10.1. The molecule has 0 spiro atoms. The number of benzene rings is 4. The summed E-state index contributed by atoms with van der Waals surface area (Å²) in [6.07, 6.45) is 0. The van der Waals surface area contributed by atoms with Gasteiger partial charge in [-0.2, -0.15) is 0 Å². The molecule has 4 aromatic rings. The molecule has 0 saturated carbocycles. The minimum atomic E-state index is -3.92. The van der Waals surface area contributed by atoms with E-state index in [-0.39, 0.29) is 14.9 Å². The van der Waals surface area contributed by atoms with Crippen molar-refractivity contribution in [2.75, 3.05) is 4.72 Å². The molecule has 0 bridgehead atoms. The Hall–Kier alpha value is -2.27. The lowest BCUT2D eigenvalue weighted by Gasteiger charge is -2.15. The molecule has 4 rings (SSSR count). The van der Waals surface area contributed by atoms with E-state index in [1.165, 1.54) is 6.07 Å². The molecule has 0 aliphatic rings. The summed E-state index contributed by atoms with van der Waals surface area (Å²) in [4.78, 5) is -0.0521. The van der Waals surface area contributed by atoms with Gasteiger partial charge in [-0.25, -0.2) is 8.42 Å². The third kappa shape index (κ3) is 2.90. The van der Waals surface area contributed by atoms with Gasteiger partial charge >= 0.3 is 0 Å². The van der Waals surface area contributed by atoms with Crippen LogP contribution in [0, 0.1) is 0 Å². The van der Waals surface area contributed by atoms with E-state index in [1.54, 1.807) is 12.1 Å². The molecule has 0 aliphatic carbocycles. The quantitative estimate of drug-likeness (QED) is 0.421. The standard InChI is InChI=1S/C20H13Cl2NO2S/c21-17-10-5-11-18(19(17)22)26(24,25)23-20-15-8-3-1-6-13(15)12-14-7-2-4-9-16(14)20/h1-12,23H. The molecule has 0 saturated heterocycles. The highest BCUT2D eigenvalue weighted by Crippen LogP contribution is 2.36. The topological polar surface area (TPSA) is 46.2 Å². The largest absolute Gasteiger partial charge is 0.278 e. The number of anilines is 1. The van der Waals surface area contributed by atoms with Crippen molar-refractivity contribution in [3.05, 3.63) is 82.8 Å². The minimum Gasteiger partial charge on any atom is -0.278 e. The molecule has 0 aromatic heterocycles. The number of fused-ring (bicyclic) bond motifs is 2. The molecule has 3 nitrogen and oxygen atoms in total. The molecule has 6 heteroatoms. The Bertz CT molecular complexity index is 1200. The fraction of sp³-hybridized carbons (Fsp3) is 0. The number of halogens is 2. The Morgan fingerprint density at radius 3 is 1.92 bits per heavy atom. The normalized spacial score (nSPS) is 11.8. The van der Waals surface area contributed by atoms with Crippen LogP contribution in [0.1, 0.15) is 0 Å². The summed E-state index contributed by atoms with van der Waals surface area (Å²) in [7, 11) is -3.92. The molecular weight excluding hydrogens is 389 g/mol. The second-order valence-corrected chi connectivity index (χ2v) is 8.29. The molecule has 0 amide bonds. The van der Waals surface area contributed by atoms with E-state index in [1.807, 2.05) is 54.6 Å². The zero-order valence-corrected chi connectivity index (χ0v) is 15.7. The maximum atomic E-state index is 13.0. The zero-order chi connectivity index (χ0) is 18.3. The summed E-state index contributed by atoms with van der Waals surface area (Å²) in [5.41, 5.74) is 0.523. The van der Waals surface area contributed by atoms with Crippen LogP contribution in [0.3, 0.4) is 0 Å². The fourth-order valence-electron chi connectivity index (χ4n) is 3.00. The van der Waals surface area contributed by atoms with E-state index in [9.17, 15) is 8.42 Å². The van der Waals surface area contributed by atoms with Crippen LogP contribution in [-0.4, -0.2) is 8.42 Å². The maximum Gasteiger partial charge on any atom is 0.263 e. The molecule has 130 valence electrons. The smallest absolute Gasteiger partial charge is 0.263 e. The lowest BCUT2D eigenvalue weighted by molar-refractivity contribution is 0.601. The van der Waals surface area contributed by atoms with Gasteiger partial charge in [-0.1, -0.05) is 77.8 Å². The van der Waals surface area contributed by atoms with Crippen LogP contribution in [-0.2, 0) is 10.0 Å². The molecule has 0 radical (unpaired) electrons. The summed E-state index contributed by atoms with van der Waals surface area (Å²) in [6.45, 7) is 0. The van der Waals surface area contributed by atoms with Crippen LogP contribution >= 0.6 is 23.2 Å². The van der Waals surface area contributed by atoms with E-state index in [2.05, 4.69) is 4.72 Å². The van der Waals surface area contributed by atoms with Gasteiger partial charge in [0, 0.05) is 10.8 Å². The van der Waals surface area contributed by atoms with Gasteiger partial charge < -0.3 is 0 Å². The van der Waals surface area contributed by atoms with E-state index in [0.717, 1.165) is 21.5 Å². The molecule has 0 fully saturated rings. The molecule has 1 N–H and O–H groups in total. The lowest BCUT2D eigenvalue weighted by atomic mass is 10.0. The van der Waals surface area contributed by atoms with E-state index >= 15 is 0 Å². The van der Waals surface area contributed by atoms with Gasteiger partial charge in [0.05, 0.1) is 15.7 Å². The Labute approximate surface area is 161 Å². The summed E-state index contributed by atoms with van der Waals surface area (Å²) in [6, 6.07) is 21.9. The third-order valence-electron chi connectivity index (χ3n) is 4.21. The fourth-order valence-corrected chi connectivity index (χ4v) is 4.87. The average molecular weight is 402 g/mol. The number of hydrogen-bond acceptors (Lipinski definition) is 2. The zero-order valence-electron chi connectivity index (χ0n) is 13.4. The first-order valence-electron chi connectivity index (χ1n) is 7.85. The number of rotatable bonds is 3. The Kier molecular flexibility index (Phi) is 4.27. The molecule has 0 aliphatic heterocycles. The molecule has 26 heavy (non-hydrogen) atoms. The van der Waals surface area contributed by atoms with Crippen molar-refractivity contribution in [2.45, 2.75) is 4.90 Å². The van der Waals surface area contributed by atoms with Crippen molar-refractivity contribution >= 4 is 60.5 Å². The van der Waals surface area contributed by atoms with Gasteiger partial charge in [0.15, 0.2) is 0 Å². The summed E-state index contributed by atoms with van der Waals surface area (Å²) in [5, 5.41) is 3.71. The van der Waals surface area contributed by atoms with E-state index < -0.39 is 10.0 Å². The van der Waals surface area contributed by atoms with Gasteiger partial charge in [0.2, 0.25) is 0 Å². The van der Waals surface area contributed by atoms with Gasteiger partial charge in [-0.05, 0) is 29.0 Å². The van der Waals surface area contributed by atoms with Crippen molar-refractivity contribution in [3.8, 4) is 0 Å². The maximum absolute atomic E-state index is 13.0.